The smallest absolute Gasteiger partial charge is 0.311 e. The topological polar surface area (TPSA) is 35.5 Å². The highest BCUT2D eigenvalue weighted by Gasteiger charge is 2.26. The Bertz CT molecular complexity index is 277. The summed E-state index contributed by atoms with van der Waals surface area (Å²) in [5.74, 6) is 0.338. The van der Waals surface area contributed by atoms with Gasteiger partial charge in [-0.15, -0.1) is 0 Å². The molecule has 0 bridgehead atoms. The maximum atomic E-state index is 11.6. The van der Waals surface area contributed by atoms with Crippen LogP contribution >= 0.6 is 0 Å². The third kappa shape index (κ3) is 5.01. The van der Waals surface area contributed by atoms with Gasteiger partial charge in [-0.2, -0.15) is 0 Å². The van der Waals surface area contributed by atoms with E-state index in [1.165, 1.54) is 0 Å². The molecule has 0 aromatic rings. The van der Waals surface area contributed by atoms with Crippen LogP contribution in [-0.2, 0) is 14.3 Å². The zero-order chi connectivity index (χ0) is 12.8. The Morgan fingerprint density at radius 2 is 1.69 bits per heavy atom. The van der Waals surface area contributed by atoms with Crippen LogP contribution in [-0.4, -0.2) is 19.2 Å². The summed E-state index contributed by atoms with van der Waals surface area (Å²) in [6, 6.07) is 0. The van der Waals surface area contributed by atoms with E-state index in [0.29, 0.717) is 12.4 Å². The predicted molar refractivity (Wildman–Crippen MR) is 64.9 cm³/mol. The highest BCUT2D eigenvalue weighted by molar-refractivity contribution is 5.75. The van der Waals surface area contributed by atoms with Crippen LogP contribution in [0.2, 0.25) is 0 Å². The lowest BCUT2D eigenvalue weighted by molar-refractivity contribution is -0.155. The van der Waals surface area contributed by atoms with Crippen molar-refractivity contribution in [2.75, 3.05) is 13.2 Å². The molecule has 0 rings (SSSR count). The second-order valence-corrected chi connectivity index (χ2v) is 4.43. The van der Waals surface area contributed by atoms with Crippen molar-refractivity contribution < 1.29 is 14.3 Å². The average molecular weight is 226 g/mol. The minimum absolute atomic E-state index is 0.195. The van der Waals surface area contributed by atoms with Gasteiger partial charge in [-0.25, -0.2) is 0 Å². The van der Waals surface area contributed by atoms with Crippen molar-refractivity contribution in [2.45, 2.75) is 34.1 Å². The summed E-state index contributed by atoms with van der Waals surface area (Å²) in [6.45, 7) is 15.4. The molecule has 0 fully saturated rings. The fourth-order valence-electron chi connectivity index (χ4n) is 0.762. The van der Waals surface area contributed by atoms with Gasteiger partial charge in [0.1, 0.15) is 19.0 Å². The van der Waals surface area contributed by atoms with Gasteiger partial charge in [-0.3, -0.25) is 4.79 Å². The normalized spacial score (nSPS) is 10.8. The van der Waals surface area contributed by atoms with Crippen molar-refractivity contribution >= 4 is 5.97 Å². The molecule has 0 saturated heterocycles. The van der Waals surface area contributed by atoms with E-state index in [-0.39, 0.29) is 12.6 Å². The SMILES string of the molecule is C=C(C)C(=C)OCCOC(=O)C(C)(C)CC. The molecule has 0 aliphatic carbocycles. The van der Waals surface area contributed by atoms with E-state index in [1.807, 2.05) is 27.7 Å². The van der Waals surface area contributed by atoms with Crippen LogP contribution in [0.4, 0.5) is 0 Å². The predicted octanol–water partition coefficient (Wildman–Crippen LogP) is 3.07. The Balaban J connectivity index is 3.80. The minimum atomic E-state index is -0.425. The van der Waals surface area contributed by atoms with Gasteiger partial charge in [0.05, 0.1) is 5.41 Å². The van der Waals surface area contributed by atoms with Gasteiger partial charge in [0.15, 0.2) is 0 Å². The molecule has 0 aromatic carbocycles. The molecule has 0 radical (unpaired) electrons. The van der Waals surface area contributed by atoms with E-state index >= 15 is 0 Å². The summed E-state index contributed by atoms with van der Waals surface area (Å²) in [7, 11) is 0. The van der Waals surface area contributed by atoms with Gasteiger partial charge in [0.25, 0.3) is 0 Å². The summed E-state index contributed by atoms with van der Waals surface area (Å²) in [5.41, 5.74) is 0.353. The largest absolute Gasteiger partial charge is 0.490 e. The van der Waals surface area contributed by atoms with Crippen LogP contribution < -0.4 is 0 Å². The quantitative estimate of drug-likeness (QED) is 0.290. The molecule has 0 heterocycles. The van der Waals surface area contributed by atoms with Crippen LogP contribution in [0.25, 0.3) is 0 Å². The molecular weight excluding hydrogens is 204 g/mol. The lowest BCUT2D eigenvalue weighted by atomic mass is 9.91. The highest BCUT2D eigenvalue weighted by Crippen LogP contribution is 2.21. The van der Waals surface area contributed by atoms with Gasteiger partial charge < -0.3 is 9.47 Å². The van der Waals surface area contributed by atoms with Gasteiger partial charge in [0, 0.05) is 0 Å². The zero-order valence-corrected chi connectivity index (χ0v) is 10.8. The Morgan fingerprint density at radius 1 is 1.19 bits per heavy atom. The summed E-state index contributed by atoms with van der Waals surface area (Å²) < 4.78 is 10.3. The van der Waals surface area contributed by atoms with Crippen molar-refractivity contribution in [2.24, 2.45) is 5.41 Å². The van der Waals surface area contributed by atoms with E-state index in [2.05, 4.69) is 13.2 Å². The fraction of sp³-hybridized carbons (Fsp3) is 0.615. The Labute approximate surface area is 98.1 Å². The first-order chi connectivity index (χ1) is 7.31. The van der Waals surface area contributed by atoms with Gasteiger partial charge in [-0.05, 0) is 32.8 Å². The van der Waals surface area contributed by atoms with E-state index in [4.69, 9.17) is 9.47 Å². The van der Waals surface area contributed by atoms with E-state index in [1.54, 1.807) is 0 Å². The van der Waals surface area contributed by atoms with Crippen LogP contribution in [0.5, 0.6) is 0 Å². The molecule has 3 nitrogen and oxygen atoms in total. The molecule has 0 atom stereocenters. The number of ether oxygens (including phenoxy) is 2. The van der Waals surface area contributed by atoms with Gasteiger partial charge >= 0.3 is 5.97 Å². The molecule has 0 spiro atoms. The number of carbonyl (C=O) groups excluding carboxylic acids is 1. The van der Waals surface area contributed by atoms with Gasteiger partial charge in [0.2, 0.25) is 0 Å². The number of allylic oxidation sites excluding steroid dienone is 1. The van der Waals surface area contributed by atoms with Gasteiger partial charge in [-0.1, -0.05) is 20.1 Å². The molecule has 0 N–H and O–H groups in total. The summed E-state index contributed by atoms with van der Waals surface area (Å²) in [5, 5.41) is 0. The van der Waals surface area contributed by atoms with Crippen LogP contribution in [0.15, 0.2) is 24.5 Å². The second kappa shape index (κ2) is 6.36. The molecule has 0 amide bonds. The number of hydrogen-bond acceptors (Lipinski definition) is 3. The Morgan fingerprint density at radius 3 is 2.12 bits per heavy atom. The van der Waals surface area contributed by atoms with Crippen molar-refractivity contribution in [1.29, 1.82) is 0 Å². The molecular formula is C13H22O3. The van der Waals surface area contributed by atoms with Crippen LogP contribution in [0.3, 0.4) is 0 Å². The monoisotopic (exact) mass is 226 g/mol. The van der Waals surface area contributed by atoms with E-state index in [0.717, 1.165) is 12.0 Å². The van der Waals surface area contributed by atoms with Crippen molar-refractivity contribution in [3.05, 3.63) is 24.5 Å². The number of rotatable bonds is 7. The number of hydrogen-bond donors (Lipinski definition) is 0. The van der Waals surface area contributed by atoms with Crippen molar-refractivity contribution in [3.63, 3.8) is 0 Å². The first-order valence-electron chi connectivity index (χ1n) is 5.46. The number of esters is 1. The molecule has 0 unspecified atom stereocenters. The maximum absolute atomic E-state index is 11.6. The molecule has 92 valence electrons. The molecule has 0 saturated carbocycles. The van der Waals surface area contributed by atoms with E-state index in [9.17, 15) is 4.79 Å². The standard InChI is InChI=1S/C13H22O3/c1-7-13(5,6)12(14)16-9-8-15-11(4)10(2)3/h2,4,7-9H2,1,3,5-6H3. The lowest BCUT2D eigenvalue weighted by Gasteiger charge is -2.20. The highest BCUT2D eigenvalue weighted by atomic mass is 16.6. The van der Waals surface area contributed by atoms with Crippen molar-refractivity contribution in [1.82, 2.24) is 0 Å². The second-order valence-electron chi connectivity index (χ2n) is 4.43. The average Bonchev–Trinajstić information content (AvgIpc) is 2.23. The fourth-order valence-corrected chi connectivity index (χ4v) is 0.762. The van der Waals surface area contributed by atoms with Crippen LogP contribution in [0.1, 0.15) is 34.1 Å². The lowest BCUT2D eigenvalue weighted by Crippen LogP contribution is -2.26. The molecule has 0 aliphatic rings. The molecule has 16 heavy (non-hydrogen) atoms. The summed E-state index contributed by atoms with van der Waals surface area (Å²) in [4.78, 5) is 11.6. The maximum Gasteiger partial charge on any atom is 0.311 e. The number of carbonyl (C=O) groups is 1. The summed E-state index contributed by atoms with van der Waals surface area (Å²) in [6.07, 6.45) is 0.755. The van der Waals surface area contributed by atoms with Crippen LogP contribution in [0, 0.1) is 5.41 Å². The Hall–Kier alpha value is -1.25. The zero-order valence-electron chi connectivity index (χ0n) is 10.8. The third-order valence-electron chi connectivity index (χ3n) is 2.51. The van der Waals surface area contributed by atoms with E-state index < -0.39 is 5.41 Å². The third-order valence-corrected chi connectivity index (χ3v) is 2.51. The molecule has 3 heteroatoms. The molecule has 0 aromatic heterocycles. The Kier molecular flexibility index (Phi) is 5.86. The molecule has 0 aliphatic heterocycles. The van der Waals surface area contributed by atoms with Crippen molar-refractivity contribution in [3.8, 4) is 0 Å². The minimum Gasteiger partial charge on any atom is -0.490 e. The first kappa shape index (κ1) is 14.8. The summed E-state index contributed by atoms with van der Waals surface area (Å²) >= 11 is 0. The first-order valence-corrected chi connectivity index (χ1v) is 5.46.